The largest absolute Gasteiger partial charge is 0.488 e. The Kier molecular flexibility index (Phi) is 6.48. The topological polar surface area (TPSA) is 70.2 Å². The first-order chi connectivity index (χ1) is 13.1. The van der Waals surface area contributed by atoms with E-state index in [-0.39, 0.29) is 6.10 Å². The van der Waals surface area contributed by atoms with E-state index in [2.05, 4.69) is 48.3 Å². The van der Waals surface area contributed by atoms with Gasteiger partial charge in [-0.05, 0) is 43.5 Å². The minimum absolute atomic E-state index is 0.165. The Balaban J connectivity index is 1.58. The maximum absolute atomic E-state index is 10.2. The minimum atomic E-state index is -0.542. The molecule has 2 heterocycles. The number of aliphatic hydroxyl groups is 1. The summed E-state index contributed by atoms with van der Waals surface area (Å²) in [6.45, 7) is 7.73. The SMILES string of the molecule is CC(C)[C@H](C)Oc1cccc2c(CCNC[C@H](O)c3cccnc3)c[nH]c12. The fraction of sp³-hybridized carbons (Fsp3) is 0.409. The highest BCUT2D eigenvalue weighted by Crippen LogP contribution is 2.29. The number of nitrogens with one attached hydrogen (secondary N) is 2. The average molecular weight is 367 g/mol. The first-order valence-corrected chi connectivity index (χ1v) is 9.60. The van der Waals surface area contributed by atoms with Crippen LogP contribution < -0.4 is 10.1 Å². The van der Waals surface area contributed by atoms with Gasteiger partial charge in [-0.1, -0.05) is 32.0 Å². The molecule has 0 unspecified atom stereocenters. The van der Waals surface area contributed by atoms with Gasteiger partial charge in [0, 0.05) is 36.1 Å². The van der Waals surface area contributed by atoms with Crippen molar-refractivity contribution in [2.45, 2.75) is 39.4 Å². The van der Waals surface area contributed by atoms with Crippen molar-refractivity contribution in [3.63, 3.8) is 0 Å². The predicted octanol–water partition coefficient (Wildman–Crippen LogP) is 3.85. The molecule has 0 fully saturated rings. The van der Waals surface area contributed by atoms with Crippen LogP contribution >= 0.6 is 0 Å². The summed E-state index contributed by atoms with van der Waals surface area (Å²) in [6.07, 6.45) is 5.96. The zero-order valence-corrected chi connectivity index (χ0v) is 16.3. The van der Waals surface area contributed by atoms with Gasteiger partial charge in [0.2, 0.25) is 0 Å². The van der Waals surface area contributed by atoms with Crippen molar-refractivity contribution in [1.29, 1.82) is 0 Å². The molecule has 27 heavy (non-hydrogen) atoms. The first kappa shape index (κ1) is 19.4. The van der Waals surface area contributed by atoms with Crippen LogP contribution in [0.15, 0.2) is 48.9 Å². The van der Waals surface area contributed by atoms with E-state index in [4.69, 9.17) is 4.74 Å². The number of nitrogens with zero attached hydrogens (tertiary/aromatic N) is 1. The summed E-state index contributed by atoms with van der Waals surface area (Å²) < 4.78 is 6.12. The number of rotatable bonds is 9. The summed E-state index contributed by atoms with van der Waals surface area (Å²) >= 11 is 0. The van der Waals surface area contributed by atoms with Crippen LogP contribution in [0.3, 0.4) is 0 Å². The van der Waals surface area contributed by atoms with Crippen LogP contribution in [0.1, 0.15) is 38.0 Å². The molecule has 0 saturated carbocycles. The van der Waals surface area contributed by atoms with Crippen LogP contribution in [0, 0.1) is 5.92 Å². The second-order valence-corrected chi connectivity index (χ2v) is 7.32. The van der Waals surface area contributed by atoms with Crippen molar-refractivity contribution in [2.24, 2.45) is 5.92 Å². The molecule has 2 atom stereocenters. The molecule has 3 rings (SSSR count). The number of benzene rings is 1. The van der Waals surface area contributed by atoms with Crippen molar-refractivity contribution in [1.82, 2.24) is 15.3 Å². The van der Waals surface area contributed by atoms with E-state index in [1.165, 1.54) is 10.9 Å². The molecule has 5 heteroatoms. The van der Waals surface area contributed by atoms with Gasteiger partial charge in [-0.15, -0.1) is 0 Å². The number of pyridine rings is 1. The van der Waals surface area contributed by atoms with Gasteiger partial charge in [0.25, 0.3) is 0 Å². The average Bonchev–Trinajstić information content (AvgIpc) is 3.10. The van der Waals surface area contributed by atoms with Crippen molar-refractivity contribution in [2.75, 3.05) is 13.1 Å². The van der Waals surface area contributed by atoms with E-state index < -0.39 is 6.10 Å². The summed E-state index contributed by atoms with van der Waals surface area (Å²) in [5.41, 5.74) is 3.13. The summed E-state index contributed by atoms with van der Waals surface area (Å²) in [5, 5.41) is 14.7. The van der Waals surface area contributed by atoms with Crippen molar-refractivity contribution < 1.29 is 9.84 Å². The number of aromatic nitrogens is 2. The van der Waals surface area contributed by atoms with Gasteiger partial charge >= 0.3 is 0 Å². The van der Waals surface area contributed by atoms with Gasteiger partial charge in [0.05, 0.1) is 17.7 Å². The molecular weight excluding hydrogens is 338 g/mol. The quantitative estimate of drug-likeness (QED) is 0.503. The molecule has 0 spiro atoms. The third-order valence-electron chi connectivity index (χ3n) is 4.99. The third-order valence-corrected chi connectivity index (χ3v) is 4.99. The molecular formula is C22H29N3O2. The van der Waals surface area contributed by atoms with Gasteiger partial charge in [-0.3, -0.25) is 4.98 Å². The van der Waals surface area contributed by atoms with Gasteiger partial charge in [0.15, 0.2) is 0 Å². The highest BCUT2D eigenvalue weighted by molar-refractivity contribution is 5.88. The second kappa shape index (κ2) is 9.02. The monoisotopic (exact) mass is 367 g/mol. The molecule has 3 aromatic rings. The van der Waals surface area contributed by atoms with E-state index in [1.54, 1.807) is 12.4 Å². The van der Waals surface area contributed by atoms with Crippen LogP contribution in [0.4, 0.5) is 0 Å². The molecule has 0 aliphatic heterocycles. The Morgan fingerprint density at radius 1 is 1.19 bits per heavy atom. The van der Waals surface area contributed by atoms with Crippen molar-refractivity contribution >= 4 is 10.9 Å². The maximum Gasteiger partial charge on any atom is 0.143 e. The van der Waals surface area contributed by atoms with Crippen LogP contribution in [0.2, 0.25) is 0 Å². The zero-order valence-electron chi connectivity index (χ0n) is 16.3. The number of ether oxygens (including phenoxy) is 1. The summed E-state index contributed by atoms with van der Waals surface area (Å²) in [4.78, 5) is 7.41. The van der Waals surface area contributed by atoms with E-state index in [0.29, 0.717) is 12.5 Å². The molecule has 0 bridgehead atoms. The molecule has 0 radical (unpaired) electrons. The van der Waals surface area contributed by atoms with Crippen LogP contribution in [0.5, 0.6) is 5.75 Å². The lowest BCUT2D eigenvalue weighted by atomic mass is 10.1. The number of H-pyrrole nitrogens is 1. The number of hydrogen-bond acceptors (Lipinski definition) is 4. The summed E-state index contributed by atoms with van der Waals surface area (Å²) in [6, 6.07) is 9.91. The molecule has 0 aliphatic rings. The minimum Gasteiger partial charge on any atom is -0.488 e. The fourth-order valence-electron chi connectivity index (χ4n) is 2.98. The van der Waals surface area contributed by atoms with E-state index in [9.17, 15) is 5.11 Å². The molecule has 1 aromatic carbocycles. The van der Waals surface area contributed by atoms with Gasteiger partial charge < -0.3 is 20.1 Å². The molecule has 0 aliphatic carbocycles. The number of para-hydroxylation sites is 1. The summed E-state index contributed by atoms with van der Waals surface area (Å²) in [7, 11) is 0. The Bertz CT molecular complexity index is 845. The summed E-state index contributed by atoms with van der Waals surface area (Å²) in [5.74, 6) is 1.37. The Morgan fingerprint density at radius 2 is 2.04 bits per heavy atom. The predicted molar refractivity (Wildman–Crippen MR) is 109 cm³/mol. The zero-order chi connectivity index (χ0) is 19.2. The molecule has 144 valence electrons. The molecule has 5 nitrogen and oxygen atoms in total. The molecule has 3 N–H and O–H groups in total. The molecule has 0 saturated heterocycles. The lowest BCUT2D eigenvalue weighted by molar-refractivity contribution is 0.172. The highest BCUT2D eigenvalue weighted by atomic mass is 16.5. The lowest BCUT2D eigenvalue weighted by Crippen LogP contribution is -2.23. The van der Waals surface area contributed by atoms with Gasteiger partial charge in [-0.25, -0.2) is 0 Å². The Morgan fingerprint density at radius 3 is 2.78 bits per heavy atom. The van der Waals surface area contributed by atoms with E-state index in [1.807, 2.05) is 24.3 Å². The molecule has 2 aromatic heterocycles. The molecule has 0 amide bonds. The van der Waals surface area contributed by atoms with Gasteiger partial charge in [-0.2, -0.15) is 0 Å². The van der Waals surface area contributed by atoms with E-state index >= 15 is 0 Å². The number of aliphatic hydroxyl groups excluding tert-OH is 1. The van der Waals surface area contributed by atoms with Crippen LogP contribution in [0.25, 0.3) is 10.9 Å². The third kappa shape index (κ3) is 4.87. The highest BCUT2D eigenvalue weighted by Gasteiger charge is 2.13. The van der Waals surface area contributed by atoms with Crippen LogP contribution in [-0.2, 0) is 6.42 Å². The Labute approximate surface area is 160 Å². The lowest BCUT2D eigenvalue weighted by Gasteiger charge is -2.18. The maximum atomic E-state index is 10.2. The van der Waals surface area contributed by atoms with Crippen molar-refractivity contribution in [3.8, 4) is 5.75 Å². The van der Waals surface area contributed by atoms with E-state index in [0.717, 1.165) is 29.8 Å². The van der Waals surface area contributed by atoms with Gasteiger partial charge in [0.1, 0.15) is 5.75 Å². The number of hydrogen-bond donors (Lipinski definition) is 3. The normalized spacial score (nSPS) is 13.8. The second-order valence-electron chi connectivity index (χ2n) is 7.32. The van der Waals surface area contributed by atoms with Crippen LogP contribution in [-0.4, -0.2) is 34.3 Å². The number of fused-ring (bicyclic) bond motifs is 1. The fourth-order valence-corrected chi connectivity index (χ4v) is 2.98. The first-order valence-electron chi connectivity index (χ1n) is 9.60. The smallest absolute Gasteiger partial charge is 0.143 e. The number of aromatic amines is 1. The standard InChI is InChI=1S/C22H29N3O2/c1-15(2)16(3)27-21-8-4-7-19-17(13-25-22(19)21)9-11-24-14-20(26)18-6-5-10-23-12-18/h4-8,10,12-13,15-16,20,24-26H,9,11,14H2,1-3H3/t16-,20-/m0/s1. The van der Waals surface area contributed by atoms with Crippen molar-refractivity contribution in [3.05, 3.63) is 60.0 Å². The Hall–Kier alpha value is -2.37.